The first-order valence-corrected chi connectivity index (χ1v) is 36.4. The number of aromatic nitrogens is 3. The topological polar surface area (TPSA) is 222 Å². The molecule has 0 atom stereocenters. The van der Waals surface area contributed by atoms with Gasteiger partial charge in [-0.25, -0.2) is 19.7 Å². The number of benzene rings is 5. The number of fused-ring (bicyclic) bond motifs is 8. The molecule has 2 fully saturated rings. The lowest BCUT2D eigenvalue weighted by atomic mass is 9.78. The molecule has 0 radical (unpaired) electrons. The Balaban J connectivity index is 0.648. The van der Waals surface area contributed by atoms with Gasteiger partial charge in [0.2, 0.25) is 5.91 Å². The fourth-order valence-electron chi connectivity index (χ4n) is 13.5. The zero-order valence-electron chi connectivity index (χ0n) is 55.3. The first kappa shape index (κ1) is 65.6. The average molecular weight is 1300 g/mol. The summed E-state index contributed by atoms with van der Waals surface area (Å²) in [6.45, 7) is 12.1. The number of ether oxygens (including phenoxy) is 4. The van der Waals surface area contributed by atoms with Gasteiger partial charge < -0.3 is 50.0 Å². The summed E-state index contributed by atoms with van der Waals surface area (Å²) in [4.78, 5) is 92.3. The smallest absolute Gasteiger partial charge is 0.340 e. The van der Waals surface area contributed by atoms with Crippen molar-refractivity contribution in [3.63, 3.8) is 0 Å². The van der Waals surface area contributed by atoms with Crippen molar-refractivity contribution in [2.45, 2.75) is 82.9 Å². The fourth-order valence-corrected chi connectivity index (χ4v) is 16.6. The predicted octanol–water partition coefficient (Wildman–Crippen LogP) is 9.63. The lowest BCUT2D eigenvalue weighted by Crippen LogP contribution is -2.63. The van der Waals surface area contributed by atoms with E-state index in [2.05, 4.69) is 95.3 Å². The van der Waals surface area contributed by atoms with Crippen molar-refractivity contribution in [3.05, 3.63) is 167 Å². The van der Waals surface area contributed by atoms with E-state index in [0.29, 0.717) is 71.8 Å². The third-order valence-corrected chi connectivity index (χ3v) is 22.2. The highest BCUT2D eigenvalue weighted by Crippen LogP contribution is 2.50. The van der Waals surface area contributed by atoms with Crippen molar-refractivity contribution in [3.8, 4) is 17.2 Å². The van der Waals surface area contributed by atoms with Gasteiger partial charge in [0.1, 0.15) is 68.2 Å². The van der Waals surface area contributed by atoms with Gasteiger partial charge in [-0.05, 0) is 142 Å². The summed E-state index contributed by atoms with van der Waals surface area (Å²) in [7, 11) is 5.77. The fraction of sp³-hybridized carbons (Fsp3) is 0.378. The number of rotatable bonds is 27. The standard InChI is InChI=1S/C74H85N11O9Si/c1-82(2)50-26-29-56-65(43-50)95(5,6)66-44-51(83(3)4)27-30-57(66)74(56)58-42-49(25-28-53(58)73(90)94-74)70(87)76-31-15-9-7-8-10-24-69(86)75-32-39-91-52-45-61(71(88)80-67-47-63(54-20-11-13-22-59(54)78-67)92-40-37-84-33-16-17-34-84)77-62(46-52)72(89)81-68-48-64(55-21-12-14-23-60(55)79-68)93-41-38-85-35-18-19-36-85/h11-14,20-23,25-30,42-48H,7-10,15-19,24,31-41H2,1-6H3,(H,75,86)(H,76,87)(H,78,80,88)(H,79,81,89). The molecule has 494 valence electrons. The van der Waals surface area contributed by atoms with E-state index in [-0.39, 0.29) is 53.7 Å². The van der Waals surface area contributed by atoms with Gasteiger partial charge in [0, 0.05) is 123 Å². The predicted molar refractivity (Wildman–Crippen MR) is 375 cm³/mol. The quantitative estimate of drug-likeness (QED) is 0.0214. The Hall–Kier alpha value is -9.44. The Kier molecular flexibility index (Phi) is 20.1. The summed E-state index contributed by atoms with van der Waals surface area (Å²) < 4.78 is 25.4. The monoisotopic (exact) mass is 1300 g/mol. The normalized spacial score (nSPS) is 15.2. The number of carbonyl (C=O) groups is 5. The summed E-state index contributed by atoms with van der Waals surface area (Å²) >= 11 is 0. The molecule has 1 spiro atoms. The van der Waals surface area contributed by atoms with Crippen LogP contribution in [0.5, 0.6) is 17.2 Å². The molecule has 0 saturated carbocycles. The number of unbranched alkanes of at least 4 members (excludes halogenated alkanes) is 4. The molecule has 4 aliphatic rings. The average Bonchev–Trinajstić information content (AvgIpc) is 1.64. The Morgan fingerprint density at radius 2 is 1.07 bits per heavy atom. The molecule has 0 bridgehead atoms. The number of anilines is 4. The van der Waals surface area contributed by atoms with Crippen molar-refractivity contribution in [2.75, 3.05) is 121 Å². The van der Waals surface area contributed by atoms with Gasteiger partial charge in [0.25, 0.3) is 17.7 Å². The third kappa shape index (κ3) is 14.6. The van der Waals surface area contributed by atoms with E-state index in [0.717, 1.165) is 98.2 Å². The Morgan fingerprint density at radius 3 is 1.62 bits per heavy atom. The highest BCUT2D eigenvalue weighted by Gasteiger charge is 2.56. The van der Waals surface area contributed by atoms with Crippen molar-refractivity contribution < 1.29 is 42.9 Å². The molecule has 4 aliphatic heterocycles. The van der Waals surface area contributed by atoms with Gasteiger partial charge in [-0.2, -0.15) is 0 Å². The molecular formula is C74H85N11O9Si. The maximum atomic E-state index is 14.2. The van der Waals surface area contributed by atoms with Crippen molar-refractivity contribution >= 4 is 92.9 Å². The minimum atomic E-state index is -2.34. The van der Waals surface area contributed by atoms with Crippen LogP contribution in [-0.2, 0) is 15.1 Å². The Labute approximate surface area is 556 Å². The summed E-state index contributed by atoms with van der Waals surface area (Å²) in [6, 6.07) is 39.6. The molecule has 4 N–H and O–H groups in total. The summed E-state index contributed by atoms with van der Waals surface area (Å²) in [5.74, 6) is -0.209. The zero-order valence-corrected chi connectivity index (χ0v) is 56.3. The van der Waals surface area contributed by atoms with Crippen molar-refractivity contribution in [1.29, 1.82) is 0 Å². The van der Waals surface area contributed by atoms with E-state index in [1.165, 1.54) is 48.2 Å². The number of amides is 4. The maximum Gasteiger partial charge on any atom is 0.340 e. The second-order valence-corrected chi connectivity index (χ2v) is 30.3. The molecule has 2 saturated heterocycles. The van der Waals surface area contributed by atoms with Crippen molar-refractivity contribution in [1.82, 2.24) is 35.4 Å². The summed E-state index contributed by atoms with van der Waals surface area (Å²) in [6.07, 6.45) is 9.00. The number of nitrogens with one attached hydrogen (secondary N) is 4. The number of para-hydroxylation sites is 2. The first-order chi connectivity index (χ1) is 46.0. The van der Waals surface area contributed by atoms with Crippen LogP contribution in [0.2, 0.25) is 13.1 Å². The lowest BCUT2D eigenvalue weighted by molar-refractivity contribution is -0.121. The van der Waals surface area contributed by atoms with E-state index in [1.54, 1.807) is 24.3 Å². The highest BCUT2D eigenvalue weighted by atomic mass is 28.3. The van der Waals surface area contributed by atoms with E-state index >= 15 is 0 Å². The number of hydrogen-bond donors (Lipinski definition) is 4. The molecular weight excluding hydrogens is 1210 g/mol. The second kappa shape index (κ2) is 29.0. The van der Waals surface area contributed by atoms with Crippen LogP contribution in [0.3, 0.4) is 0 Å². The number of likely N-dealkylation sites (tertiary alicyclic amines) is 2. The zero-order chi connectivity index (χ0) is 66.2. The Bertz CT molecular complexity index is 3990. The van der Waals surface area contributed by atoms with Gasteiger partial charge in [-0.15, -0.1) is 0 Å². The molecule has 4 amide bonds. The molecule has 5 aromatic carbocycles. The number of esters is 1. The minimum absolute atomic E-state index is 0.0355. The Morgan fingerprint density at radius 1 is 0.547 bits per heavy atom. The minimum Gasteiger partial charge on any atom is -0.492 e. The van der Waals surface area contributed by atoms with Gasteiger partial charge in [0.05, 0.1) is 23.1 Å². The largest absolute Gasteiger partial charge is 0.492 e. The van der Waals surface area contributed by atoms with Crippen LogP contribution >= 0.6 is 0 Å². The van der Waals surface area contributed by atoms with Crippen LogP contribution in [0.15, 0.2) is 127 Å². The molecule has 0 unspecified atom stereocenters. The third-order valence-electron chi connectivity index (χ3n) is 18.7. The van der Waals surface area contributed by atoms with E-state index in [9.17, 15) is 24.0 Å². The van der Waals surface area contributed by atoms with E-state index in [4.69, 9.17) is 28.9 Å². The molecule has 21 heteroatoms. The second-order valence-electron chi connectivity index (χ2n) is 26.0. The van der Waals surface area contributed by atoms with Gasteiger partial charge in [-0.1, -0.05) is 68.8 Å². The van der Waals surface area contributed by atoms with Gasteiger partial charge in [0.15, 0.2) is 5.60 Å². The van der Waals surface area contributed by atoms with Crippen LogP contribution in [-0.4, -0.2) is 163 Å². The number of hydrogen-bond acceptors (Lipinski definition) is 16. The van der Waals surface area contributed by atoms with Gasteiger partial charge in [-0.3, -0.25) is 29.0 Å². The molecule has 3 aromatic heterocycles. The summed E-state index contributed by atoms with van der Waals surface area (Å²) in [5.41, 5.74) is 5.44. The molecule has 7 heterocycles. The van der Waals surface area contributed by atoms with Crippen LogP contribution in [0.25, 0.3) is 21.8 Å². The van der Waals surface area contributed by atoms with Crippen LogP contribution in [0.4, 0.5) is 23.0 Å². The molecule has 12 rings (SSSR count). The van der Waals surface area contributed by atoms with Gasteiger partial charge >= 0.3 is 5.97 Å². The van der Waals surface area contributed by atoms with E-state index < -0.39 is 31.5 Å². The number of nitrogens with zero attached hydrogens (tertiary/aromatic N) is 7. The molecule has 20 nitrogen and oxygen atoms in total. The first-order valence-electron chi connectivity index (χ1n) is 33.4. The summed E-state index contributed by atoms with van der Waals surface area (Å²) in [5, 5.41) is 15.8. The number of carbonyl (C=O) groups excluding carboxylic acids is 5. The molecule has 8 aromatic rings. The highest BCUT2D eigenvalue weighted by molar-refractivity contribution is 7.01. The molecule has 0 aliphatic carbocycles. The number of pyridine rings is 3. The van der Waals surface area contributed by atoms with Crippen molar-refractivity contribution in [2.24, 2.45) is 0 Å². The molecule has 95 heavy (non-hydrogen) atoms. The maximum absolute atomic E-state index is 14.2. The van der Waals surface area contributed by atoms with E-state index in [1.807, 2.05) is 82.8 Å². The van der Waals surface area contributed by atoms with Crippen LogP contribution in [0, 0.1) is 0 Å². The van der Waals surface area contributed by atoms with Crippen LogP contribution in [0.1, 0.15) is 123 Å². The SMILES string of the molecule is CN(C)c1ccc2c(c1)[Si](C)(C)c1cc(N(C)C)ccc1C21OC(=O)c2ccc(C(=O)NCCCCCCCC(=O)NCCOc3cc(C(=O)Nc4cc(OCCN5CCCC5)c5ccccc5n4)nc(C(=O)Nc4cc(OCCN5CCCC5)c5ccccc5n4)c3)cc21. The lowest BCUT2D eigenvalue weighted by Gasteiger charge is -2.44. The van der Waals surface area contributed by atoms with Crippen LogP contribution < -0.4 is 55.7 Å².